The van der Waals surface area contributed by atoms with Crippen LogP contribution in [0.25, 0.3) is 0 Å². The summed E-state index contributed by atoms with van der Waals surface area (Å²) in [5, 5.41) is 2.30. The average molecular weight is 265 g/mol. The zero-order chi connectivity index (χ0) is 14.0. The number of halogens is 3. The molecule has 0 aliphatic carbocycles. The van der Waals surface area contributed by atoms with Crippen molar-refractivity contribution in [1.29, 1.82) is 0 Å². The van der Waals surface area contributed by atoms with E-state index in [9.17, 15) is 18.0 Å². The molecule has 8 heteroatoms. The van der Waals surface area contributed by atoms with Crippen molar-refractivity contribution >= 4 is 6.09 Å². The molecule has 1 amide bonds. The van der Waals surface area contributed by atoms with E-state index in [2.05, 4.69) is 15.3 Å². The third-order valence-corrected chi connectivity index (χ3v) is 1.73. The van der Waals surface area contributed by atoms with E-state index < -0.39 is 23.6 Å². The van der Waals surface area contributed by atoms with Gasteiger partial charge in [-0.2, -0.15) is 13.2 Å². The molecular formula is C10H14F3N3O2. The highest BCUT2D eigenvalue weighted by Crippen LogP contribution is 2.27. The van der Waals surface area contributed by atoms with E-state index in [1.54, 1.807) is 20.8 Å². The van der Waals surface area contributed by atoms with Crippen LogP contribution in [0.3, 0.4) is 0 Å². The van der Waals surface area contributed by atoms with E-state index in [0.29, 0.717) is 6.20 Å². The van der Waals surface area contributed by atoms with Gasteiger partial charge in [0.05, 0.1) is 12.7 Å². The van der Waals surface area contributed by atoms with E-state index >= 15 is 0 Å². The van der Waals surface area contributed by atoms with Gasteiger partial charge in [0.2, 0.25) is 0 Å². The van der Waals surface area contributed by atoms with Crippen LogP contribution in [0.4, 0.5) is 18.0 Å². The smallest absolute Gasteiger partial charge is 0.432 e. The van der Waals surface area contributed by atoms with Gasteiger partial charge in [0.1, 0.15) is 17.1 Å². The Morgan fingerprint density at radius 2 is 2.06 bits per heavy atom. The minimum Gasteiger partial charge on any atom is -0.444 e. The summed E-state index contributed by atoms with van der Waals surface area (Å²) in [6, 6.07) is 0. The molecule has 0 saturated heterocycles. The van der Waals surface area contributed by atoms with Crippen LogP contribution in [-0.2, 0) is 17.5 Å². The summed E-state index contributed by atoms with van der Waals surface area (Å²) < 4.78 is 41.6. The summed E-state index contributed by atoms with van der Waals surface area (Å²) in [5.41, 5.74) is -1.62. The Morgan fingerprint density at radius 1 is 1.44 bits per heavy atom. The predicted octanol–water partition coefficient (Wildman–Crippen LogP) is 2.45. The van der Waals surface area contributed by atoms with Crippen molar-refractivity contribution in [2.45, 2.75) is 39.1 Å². The number of aromatic nitrogens is 2. The molecule has 1 aromatic rings. The molecule has 0 radical (unpaired) electrons. The number of aromatic amines is 1. The molecule has 0 aliphatic rings. The second kappa shape index (κ2) is 4.87. The number of alkyl carbamates (subject to hydrolysis) is 1. The van der Waals surface area contributed by atoms with Crippen molar-refractivity contribution in [3.05, 3.63) is 17.7 Å². The Kier molecular flexibility index (Phi) is 3.88. The van der Waals surface area contributed by atoms with E-state index in [1.807, 2.05) is 0 Å². The van der Waals surface area contributed by atoms with Crippen molar-refractivity contribution in [2.75, 3.05) is 0 Å². The molecule has 1 aromatic heterocycles. The lowest BCUT2D eigenvalue weighted by Gasteiger charge is -2.19. The summed E-state index contributed by atoms with van der Waals surface area (Å²) in [6.07, 6.45) is -4.52. The molecule has 5 nitrogen and oxygen atoms in total. The van der Waals surface area contributed by atoms with Gasteiger partial charge in [-0.05, 0) is 20.8 Å². The molecule has 102 valence electrons. The van der Waals surface area contributed by atoms with Crippen molar-refractivity contribution in [3.8, 4) is 0 Å². The second-order valence-electron chi connectivity index (χ2n) is 4.60. The fourth-order valence-corrected chi connectivity index (χ4v) is 1.07. The fraction of sp³-hybridized carbons (Fsp3) is 0.600. The highest BCUT2D eigenvalue weighted by molar-refractivity contribution is 5.67. The topological polar surface area (TPSA) is 67.0 Å². The first-order valence-electron chi connectivity index (χ1n) is 5.16. The monoisotopic (exact) mass is 265 g/mol. The van der Waals surface area contributed by atoms with Crippen LogP contribution in [0.1, 0.15) is 32.3 Å². The Labute approximate surface area is 102 Å². The molecule has 0 bridgehead atoms. The number of rotatable bonds is 2. The second-order valence-corrected chi connectivity index (χ2v) is 4.60. The number of hydrogen-bond acceptors (Lipinski definition) is 3. The minimum absolute atomic E-state index is 0.00758. The van der Waals surface area contributed by atoms with E-state index in [1.165, 1.54) is 0 Å². The zero-order valence-electron chi connectivity index (χ0n) is 10.2. The number of alkyl halides is 3. The van der Waals surface area contributed by atoms with Gasteiger partial charge in [-0.1, -0.05) is 0 Å². The number of hydrogen-bond donors (Lipinski definition) is 2. The molecular weight excluding hydrogens is 251 g/mol. The predicted molar refractivity (Wildman–Crippen MR) is 56.7 cm³/mol. The van der Waals surface area contributed by atoms with Gasteiger partial charge in [-0.15, -0.1) is 0 Å². The number of imidazole rings is 1. The third kappa shape index (κ3) is 4.64. The van der Waals surface area contributed by atoms with Crippen LogP contribution in [0.15, 0.2) is 6.20 Å². The van der Waals surface area contributed by atoms with Crippen LogP contribution in [0.5, 0.6) is 0 Å². The molecule has 0 saturated carbocycles. The van der Waals surface area contributed by atoms with Gasteiger partial charge < -0.3 is 15.0 Å². The van der Waals surface area contributed by atoms with Crippen molar-refractivity contribution in [1.82, 2.24) is 15.3 Å². The maximum Gasteiger partial charge on any atom is 0.432 e. The molecule has 1 heterocycles. The molecule has 0 aliphatic heterocycles. The quantitative estimate of drug-likeness (QED) is 0.863. The van der Waals surface area contributed by atoms with Crippen LogP contribution in [-0.4, -0.2) is 21.7 Å². The highest BCUT2D eigenvalue weighted by atomic mass is 19.4. The summed E-state index contributed by atoms with van der Waals surface area (Å²) in [4.78, 5) is 16.8. The number of carbonyl (C=O) groups is 1. The Hall–Kier alpha value is -1.73. The maximum atomic E-state index is 12.2. The number of amides is 1. The molecule has 1 rings (SSSR count). The molecule has 0 spiro atoms. The lowest BCUT2D eigenvalue weighted by molar-refractivity contribution is -0.140. The van der Waals surface area contributed by atoms with E-state index in [-0.39, 0.29) is 12.4 Å². The summed E-state index contributed by atoms with van der Waals surface area (Å²) in [7, 11) is 0. The van der Waals surface area contributed by atoms with Crippen LogP contribution >= 0.6 is 0 Å². The van der Waals surface area contributed by atoms with Crippen molar-refractivity contribution in [3.63, 3.8) is 0 Å². The Bertz CT molecular complexity index is 421. The van der Waals surface area contributed by atoms with Crippen LogP contribution in [0, 0.1) is 0 Å². The van der Waals surface area contributed by atoms with E-state index in [0.717, 1.165) is 0 Å². The number of nitrogens with zero attached hydrogens (tertiary/aromatic N) is 1. The van der Waals surface area contributed by atoms with E-state index in [4.69, 9.17) is 4.74 Å². The molecule has 0 atom stereocenters. The molecule has 0 aromatic carbocycles. The average Bonchev–Trinajstić information content (AvgIpc) is 2.59. The van der Waals surface area contributed by atoms with Gasteiger partial charge in [0, 0.05) is 0 Å². The first-order valence-corrected chi connectivity index (χ1v) is 5.16. The standard InChI is InChI=1S/C10H14F3N3O2/c1-9(2,3)18-8(17)15-5-7-14-4-6(16-7)10(11,12)13/h4H,5H2,1-3H3,(H,14,16)(H,15,17). The lowest BCUT2D eigenvalue weighted by atomic mass is 10.2. The zero-order valence-corrected chi connectivity index (χ0v) is 10.2. The number of H-pyrrole nitrogens is 1. The van der Waals surface area contributed by atoms with Crippen molar-refractivity contribution < 1.29 is 22.7 Å². The lowest BCUT2D eigenvalue weighted by Crippen LogP contribution is -2.32. The fourth-order valence-electron chi connectivity index (χ4n) is 1.07. The van der Waals surface area contributed by atoms with Gasteiger partial charge in [-0.3, -0.25) is 0 Å². The largest absolute Gasteiger partial charge is 0.444 e. The summed E-state index contributed by atoms with van der Waals surface area (Å²) in [6.45, 7) is 4.88. The summed E-state index contributed by atoms with van der Waals surface area (Å²) >= 11 is 0. The maximum absolute atomic E-state index is 12.2. The van der Waals surface area contributed by atoms with Gasteiger partial charge >= 0.3 is 12.3 Å². The first-order chi connectivity index (χ1) is 8.08. The molecule has 0 unspecified atom stereocenters. The van der Waals surface area contributed by atoms with Gasteiger partial charge in [-0.25, -0.2) is 9.78 Å². The number of carbonyl (C=O) groups excluding carboxylic acids is 1. The normalized spacial score (nSPS) is 12.3. The number of nitrogens with one attached hydrogen (secondary N) is 2. The first kappa shape index (κ1) is 14.3. The highest BCUT2D eigenvalue weighted by Gasteiger charge is 2.32. The van der Waals surface area contributed by atoms with Gasteiger partial charge in [0.25, 0.3) is 0 Å². The Balaban J connectivity index is 2.50. The van der Waals surface area contributed by atoms with Crippen LogP contribution < -0.4 is 5.32 Å². The molecule has 2 N–H and O–H groups in total. The summed E-state index contributed by atoms with van der Waals surface area (Å²) in [5.74, 6) is 0.00758. The van der Waals surface area contributed by atoms with Crippen molar-refractivity contribution in [2.24, 2.45) is 0 Å². The number of ether oxygens (including phenoxy) is 1. The van der Waals surface area contributed by atoms with Gasteiger partial charge in [0.15, 0.2) is 0 Å². The SMILES string of the molecule is CC(C)(C)OC(=O)NCc1ncc(C(F)(F)F)[nH]1. The van der Waals surface area contributed by atoms with Crippen LogP contribution in [0.2, 0.25) is 0 Å². The Morgan fingerprint density at radius 3 is 2.50 bits per heavy atom. The molecule has 18 heavy (non-hydrogen) atoms. The third-order valence-electron chi connectivity index (χ3n) is 1.73. The molecule has 0 fully saturated rings. The minimum atomic E-state index is -4.48.